The first-order chi connectivity index (χ1) is 7.68. The van der Waals surface area contributed by atoms with Gasteiger partial charge in [0.25, 0.3) is 0 Å². The first kappa shape index (κ1) is 11.3. The summed E-state index contributed by atoms with van der Waals surface area (Å²) in [7, 11) is 1.95. The summed E-state index contributed by atoms with van der Waals surface area (Å²) in [4.78, 5) is 4.04. The second kappa shape index (κ2) is 4.76. The van der Waals surface area contributed by atoms with E-state index in [0.29, 0.717) is 16.6 Å². The maximum atomic E-state index is 6.06. The van der Waals surface area contributed by atoms with Crippen molar-refractivity contribution in [2.45, 2.75) is 6.54 Å². The number of rotatable bonds is 3. The third kappa shape index (κ3) is 2.31. The van der Waals surface area contributed by atoms with E-state index in [9.17, 15) is 0 Å². The largest absolute Gasteiger partial charge is 0.378 e. The van der Waals surface area contributed by atoms with Gasteiger partial charge >= 0.3 is 0 Å². The Morgan fingerprint density at radius 2 is 2.19 bits per heavy atom. The van der Waals surface area contributed by atoms with Gasteiger partial charge in [0.05, 0.1) is 34.3 Å². The molecule has 16 heavy (non-hydrogen) atoms. The van der Waals surface area contributed by atoms with Gasteiger partial charge in [-0.15, -0.1) is 0 Å². The zero-order valence-electron chi connectivity index (χ0n) is 8.74. The minimum atomic E-state index is 0.548. The highest BCUT2D eigenvalue weighted by Gasteiger charge is 2.04. The Balaban J connectivity index is 2.11. The van der Waals surface area contributed by atoms with Gasteiger partial charge in [-0.05, 0) is 12.1 Å². The summed E-state index contributed by atoms with van der Waals surface area (Å²) in [6.07, 6.45) is 3.57. The van der Waals surface area contributed by atoms with Gasteiger partial charge in [-0.25, -0.2) is 4.98 Å². The van der Waals surface area contributed by atoms with E-state index < -0.39 is 0 Å². The molecule has 0 unspecified atom stereocenters. The molecule has 0 saturated heterocycles. The van der Waals surface area contributed by atoms with Crippen LogP contribution in [0.1, 0.15) is 5.69 Å². The van der Waals surface area contributed by atoms with E-state index >= 15 is 0 Å². The van der Waals surface area contributed by atoms with E-state index in [1.807, 2.05) is 29.9 Å². The monoisotopic (exact) mass is 255 g/mol. The van der Waals surface area contributed by atoms with Crippen LogP contribution in [-0.4, -0.2) is 9.55 Å². The zero-order chi connectivity index (χ0) is 11.5. The number of imidazole rings is 1. The normalized spacial score (nSPS) is 10.4. The Bertz CT molecular complexity index is 494. The number of benzene rings is 1. The second-order valence-electron chi connectivity index (χ2n) is 3.45. The lowest BCUT2D eigenvalue weighted by molar-refractivity contribution is 0.837. The summed E-state index contributed by atoms with van der Waals surface area (Å²) in [5.74, 6) is 0. The van der Waals surface area contributed by atoms with Crippen molar-refractivity contribution in [3.63, 3.8) is 0 Å². The molecular weight excluding hydrogens is 245 g/mol. The third-order valence-corrected chi connectivity index (χ3v) is 3.15. The minimum absolute atomic E-state index is 0.548. The maximum absolute atomic E-state index is 6.06. The van der Waals surface area contributed by atoms with Crippen LogP contribution >= 0.6 is 23.2 Å². The fourth-order valence-corrected chi connectivity index (χ4v) is 1.75. The minimum Gasteiger partial charge on any atom is -0.378 e. The van der Waals surface area contributed by atoms with Crippen molar-refractivity contribution in [3.05, 3.63) is 46.5 Å². The van der Waals surface area contributed by atoms with Gasteiger partial charge in [0.15, 0.2) is 0 Å². The molecule has 0 aliphatic carbocycles. The number of aromatic nitrogens is 2. The number of halogens is 2. The van der Waals surface area contributed by atoms with Crippen LogP contribution in [0.2, 0.25) is 10.0 Å². The van der Waals surface area contributed by atoms with E-state index in [2.05, 4.69) is 10.3 Å². The molecule has 3 nitrogen and oxygen atoms in total. The van der Waals surface area contributed by atoms with Crippen LogP contribution in [0.15, 0.2) is 30.7 Å². The molecule has 0 fully saturated rings. The number of hydrogen-bond donors (Lipinski definition) is 1. The molecule has 1 heterocycles. The molecule has 0 amide bonds. The topological polar surface area (TPSA) is 29.9 Å². The highest BCUT2D eigenvalue weighted by molar-refractivity contribution is 6.43. The fourth-order valence-electron chi connectivity index (χ4n) is 1.38. The van der Waals surface area contributed by atoms with E-state index in [0.717, 1.165) is 11.4 Å². The molecule has 84 valence electrons. The lowest BCUT2D eigenvalue weighted by Crippen LogP contribution is -2.04. The highest BCUT2D eigenvalue weighted by Crippen LogP contribution is 2.29. The van der Waals surface area contributed by atoms with Gasteiger partial charge in [-0.1, -0.05) is 29.3 Å². The number of aryl methyl sites for hydroxylation is 1. The van der Waals surface area contributed by atoms with E-state index in [1.54, 1.807) is 12.4 Å². The molecule has 2 aromatic rings. The van der Waals surface area contributed by atoms with Gasteiger partial charge in [0.1, 0.15) is 0 Å². The van der Waals surface area contributed by atoms with Crippen molar-refractivity contribution in [3.8, 4) is 0 Å². The Hall–Kier alpha value is -1.19. The van der Waals surface area contributed by atoms with Crippen molar-refractivity contribution in [2.24, 2.45) is 7.05 Å². The van der Waals surface area contributed by atoms with Crippen LogP contribution in [0, 0.1) is 0 Å². The van der Waals surface area contributed by atoms with Gasteiger partial charge in [-0.3, -0.25) is 0 Å². The molecule has 0 atom stereocenters. The standard InChI is InChI=1S/C11H11Cl2N3/c1-16-7-14-5-8(16)6-15-10-4-2-3-9(12)11(10)13/h2-5,7,15H,6H2,1H3. The number of anilines is 1. The summed E-state index contributed by atoms with van der Waals surface area (Å²) in [5, 5.41) is 4.32. The van der Waals surface area contributed by atoms with Gasteiger partial charge < -0.3 is 9.88 Å². The smallest absolute Gasteiger partial charge is 0.0946 e. The summed E-state index contributed by atoms with van der Waals surface area (Å²) in [6.45, 7) is 0.663. The summed E-state index contributed by atoms with van der Waals surface area (Å²) in [6, 6.07) is 5.52. The van der Waals surface area contributed by atoms with Crippen LogP contribution in [0.5, 0.6) is 0 Å². The third-order valence-electron chi connectivity index (χ3n) is 2.33. The van der Waals surface area contributed by atoms with E-state index in [1.165, 1.54) is 0 Å². The number of hydrogen-bond acceptors (Lipinski definition) is 2. The Labute approximate surface area is 104 Å². The lowest BCUT2D eigenvalue weighted by atomic mass is 10.3. The zero-order valence-corrected chi connectivity index (χ0v) is 10.3. The Morgan fingerprint density at radius 3 is 2.88 bits per heavy atom. The maximum Gasteiger partial charge on any atom is 0.0946 e. The molecule has 0 aliphatic heterocycles. The van der Waals surface area contributed by atoms with E-state index in [4.69, 9.17) is 23.2 Å². The lowest BCUT2D eigenvalue weighted by Gasteiger charge is -2.09. The van der Waals surface area contributed by atoms with Gasteiger partial charge in [0.2, 0.25) is 0 Å². The molecule has 0 saturated carbocycles. The number of nitrogens with zero attached hydrogens (tertiary/aromatic N) is 2. The van der Waals surface area contributed by atoms with Crippen LogP contribution in [0.4, 0.5) is 5.69 Å². The van der Waals surface area contributed by atoms with Gasteiger partial charge in [-0.2, -0.15) is 0 Å². The van der Waals surface area contributed by atoms with Crippen molar-refractivity contribution in [2.75, 3.05) is 5.32 Å². The van der Waals surface area contributed by atoms with Crippen molar-refractivity contribution >= 4 is 28.9 Å². The molecule has 5 heteroatoms. The number of nitrogens with one attached hydrogen (secondary N) is 1. The van der Waals surface area contributed by atoms with Gasteiger partial charge in [0, 0.05) is 13.2 Å². The predicted molar refractivity (Wildman–Crippen MR) is 67.0 cm³/mol. The van der Waals surface area contributed by atoms with Crippen molar-refractivity contribution in [1.29, 1.82) is 0 Å². The fraction of sp³-hybridized carbons (Fsp3) is 0.182. The molecule has 2 rings (SSSR count). The first-order valence-electron chi connectivity index (χ1n) is 4.81. The van der Waals surface area contributed by atoms with Crippen molar-refractivity contribution < 1.29 is 0 Å². The molecule has 0 spiro atoms. The van der Waals surface area contributed by atoms with Crippen molar-refractivity contribution in [1.82, 2.24) is 9.55 Å². The summed E-state index contributed by atoms with van der Waals surface area (Å²) in [5.41, 5.74) is 1.91. The average Bonchev–Trinajstić information content (AvgIpc) is 2.67. The molecule has 1 aromatic heterocycles. The SMILES string of the molecule is Cn1cncc1CNc1cccc(Cl)c1Cl. The van der Waals surface area contributed by atoms with Crippen LogP contribution in [0.3, 0.4) is 0 Å². The molecule has 1 N–H and O–H groups in total. The van der Waals surface area contributed by atoms with Crippen LogP contribution in [0.25, 0.3) is 0 Å². The molecule has 0 aliphatic rings. The Morgan fingerprint density at radius 1 is 1.38 bits per heavy atom. The molecular formula is C11H11Cl2N3. The summed E-state index contributed by atoms with van der Waals surface area (Å²) < 4.78 is 1.95. The van der Waals surface area contributed by atoms with Crippen LogP contribution in [-0.2, 0) is 13.6 Å². The molecule has 0 radical (unpaired) electrons. The quantitative estimate of drug-likeness (QED) is 0.912. The highest BCUT2D eigenvalue weighted by atomic mass is 35.5. The Kier molecular flexibility index (Phi) is 3.36. The summed E-state index contributed by atoms with van der Waals surface area (Å²) >= 11 is 12.0. The molecule has 1 aromatic carbocycles. The first-order valence-corrected chi connectivity index (χ1v) is 5.57. The predicted octanol–water partition coefficient (Wildman–Crippen LogP) is 3.34. The van der Waals surface area contributed by atoms with E-state index in [-0.39, 0.29) is 0 Å². The average molecular weight is 256 g/mol. The molecule has 0 bridgehead atoms. The second-order valence-corrected chi connectivity index (χ2v) is 4.24. The van der Waals surface area contributed by atoms with Crippen LogP contribution < -0.4 is 5.32 Å².